The lowest BCUT2D eigenvalue weighted by molar-refractivity contribution is -0.167. The first kappa shape index (κ1) is 16.1. The van der Waals surface area contributed by atoms with Crippen molar-refractivity contribution in [3.05, 3.63) is 71.0 Å². The second-order valence-corrected chi connectivity index (χ2v) is 6.33. The molecule has 1 aliphatic rings. The molecule has 7 nitrogen and oxygen atoms in total. The first-order chi connectivity index (χ1) is 12.6. The van der Waals surface area contributed by atoms with Gasteiger partial charge in [-0.15, -0.1) is 11.3 Å². The molecule has 0 bridgehead atoms. The second kappa shape index (κ2) is 6.49. The normalized spacial score (nSPS) is 13.0. The van der Waals surface area contributed by atoms with Gasteiger partial charge in [0.05, 0.1) is 23.2 Å². The molecule has 3 aromatic rings. The van der Waals surface area contributed by atoms with Crippen molar-refractivity contribution in [2.24, 2.45) is 0 Å². The quantitative estimate of drug-likeness (QED) is 0.660. The maximum Gasteiger partial charge on any atom is 0.339 e. The molecular weight excluding hydrogens is 354 g/mol. The van der Waals surface area contributed by atoms with E-state index >= 15 is 0 Å². The zero-order chi connectivity index (χ0) is 18.1. The van der Waals surface area contributed by atoms with Gasteiger partial charge in [-0.1, -0.05) is 17.2 Å². The monoisotopic (exact) mass is 365 g/mol. The lowest BCUT2D eigenvalue weighted by Crippen LogP contribution is -2.33. The number of thiazole rings is 1. The number of hydroxylamine groups is 2. The van der Waals surface area contributed by atoms with Crippen molar-refractivity contribution in [2.75, 3.05) is 0 Å². The molecule has 26 heavy (non-hydrogen) atoms. The van der Waals surface area contributed by atoms with Crippen molar-refractivity contribution >= 4 is 29.1 Å². The molecule has 0 unspecified atom stereocenters. The Kier molecular flexibility index (Phi) is 4.02. The highest BCUT2D eigenvalue weighted by Crippen LogP contribution is 2.25. The van der Waals surface area contributed by atoms with Gasteiger partial charge in [0, 0.05) is 23.3 Å². The third kappa shape index (κ3) is 2.86. The van der Waals surface area contributed by atoms with Crippen LogP contribution in [0.4, 0.5) is 0 Å². The minimum absolute atomic E-state index is 0.149. The molecular formula is C18H11N3O4S. The average Bonchev–Trinajstić information content (AvgIpc) is 3.22. The van der Waals surface area contributed by atoms with Gasteiger partial charge in [0.1, 0.15) is 5.01 Å². The topological polar surface area (TPSA) is 89.5 Å². The Labute approximate surface area is 151 Å². The summed E-state index contributed by atoms with van der Waals surface area (Å²) in [5, 5.41) is 2.95. The second-order valence-electron chi connectivity index (χ2n) is 5.48. The minimum atomic E-state index is -0.734. The van der Waals surface area contributed by atoms with Crippen molar-refractivity contribution in [3.8, 4) is 10.6 Å². The summed E-state index contributed by atoms with van der Waals surface area (Å²) in [6.45, 7) is 0. The molecule has 3 heterocycles. The summed E-state index contributed by atoms with van der Waals surface area (Å²) in [7, 11) is 0. The van der Waals surface area contributed by atoms with Crippen LogP contribution in [-0.2, 0) is 16.1 Å². The number of amides is 2. The van der Waals surface area contributed by atoms with Crippen molar-refractivity contribution in [1.82, 2.24) is 15.0 Å². The molecule has 0 fully saturated rings. The summed E-state index contributed by atoms with van der Waals surface area (Å²) < 4.78 is 0. The summed E-state index contributed by atoms with van der Waals surface area (Å²) in [6.07, 6.45) is 3.20. The fourth-order valence-corrected chi connectivity index (χ4v) is 3.35. The third-order valence-corrected chi connectivity index (χ3v) is 4.68. The van der Waals surface area contributed by atoms with Gasteiger partial charge in [-0.05, 0) is 24.3 Å². The number of hydrogen-bond acceptors (Lipinski definition) is 7. The summed E-state index contributed by atoms with van der Waals surface area (Å²) in [5.41, 5.74) is 1.78. The highest BCUT2D eigenvalue weighted by molar-refractivity contribution is 7.13. The van der Waals surface area contributed by atoms with Crippen molar-refractivity contribution in [1.29, 1.82) is 0 Å². The van der Waals surface area contributed by atoms with E-state index in [1.807, 2.05) is 6.07 Å². The number of rotatable bonds is 4. The number of carbonyl (C=O) groups excluding carboxylic acids is 3. The third-order valence-electron chi connectivity index (χ3n) is 3.74. The van der Waals surface area contributed by atoms with E-state index in [0.717, 1.165) is 10.6 Å². The smallest absolute Gasteiger partial charge is 0.329 e. The highest BCUT2D eigenvalue weighted by atomic mass is 32.1. The molecule has 8 heteroatoms. The molecule has 0 aliphatic carbocycles. The number of fused-ring (bicyclic) bond motifs is 1. The molecule has 0 saturated heterocycles. The van der Waals surface area contributed by atoms with Gasteiger partial charge < -0.3 is 4.84 Å². The Morgan fingerprint density at radius 1 is 1.08 bits per heavy atom. The van der Waals surface area contributed by atoms with Gasteiger partial charge in [0.25, 0.3) is 11.8 Å². The van der Waals surface area contributed by atoms with E-state index in [9.17, 15) is 14.4 Å². The summed E-state index contributed by atoms with van der Waals surface area (Å²) >= 11 is 1.37. The van der Waals surface area contributed by atoms with Crippen LogP contribution >= 0.6 is 11.3 Å². The van der Waals surface area contributed by atoms with Crippen LogP contribution in [0.2, 0.25) is 0 Å². The number of pyridine rings is 1. The number of carbonyl (C=O) groups is 3. The molecule has 2 amide bonds. The molecule has 0 atom stereocenters. The van der Waals surface area contributed by atoms with Crippen LogP contribution in [-0.4, -0.2) is 32.8 Å². The van der Waals surface area contributed by atoms with Crippen LogP contribution < -0.4 is 0 Å². The first-order valence-electron chi connectivity index (χ1n) is 7.67. The Hall–Kier alpha value is -3.39. The fraction of sp³-hybridized carbons (Fsp3) is 0.0556. The van der Waals surface area contributed by atoms with Crippen molar-refractivity contribution in [2.45, 2.75) is 6.42 Å². The van der Waals surface area contributed by atoms with Crippen LogP contribution in [0.1, 0.15) is 26.4 Å². The van der Waals surface area contributed by atoms with E-state index in [2.05, 4.69) is 9.97 Å². The lowest BCUT2D eigenvalue weighted by Gasteiger charge is -2.12. The average molecular weight is 365 g/mol. The molecule has 1 aromatic carbocycles. The van der Waals surface area contributed by atoms with Crippen LogP contribution in [0.3, 0.4) is 0 Å². The summed E-state index contributed by atoms with van der Waals surface area (Å²) in [6, 6.07) is 9.99. The number of benzene rings is 1. The SMILES string of the molecule is O=C(Cc1csc(-c2cccnc2)n1)ON1C(=O)c2ccccc2C1=O. The largest absolute Gasteiger partial charge is 0.339 e. The Morgan fingerprint density at radius 3 is 2.46 bits per heavy atom. The van der Waals surface area contributed by atoms with Gasteiger partial charge in [-0.3, -0.25) is 14.6 Å². The van der Waals surface area contributed by atoms with E-state index < -0.39 is 17.8 Å². The number of imide groups is 1. The molecule has 4 rings (SSSR count). The van der Waals surface area contributed by atoms with Gasteiger partial charge in [-0.25, -0.2) is 9.78 Å². The Bertz CT molecular complexity index is 981. The van der Waals surface area contributed by atoms with E-state index in [-0.39, 0.29) is 17.5 Å². The van der Waals surface area contributed by atoms with Gasteiger partial charge in [0.15, 0.2) is 0 Å². The fourth-order valence-electron chi connectivity index (χ4n) is 2.54. The zero-order valence-corrected chi connectivity index (χ0v) is 14.1. The van der Waals surface area contributed by atoms with E-state index in [4.69, 9.17) is 4.84 Å². The van der Waals surface area contributed by atoms with E-state index in [1.165, 1.54) is 23.5 Å². The number of aromatic nitrogens is 2. The maximum absolute atomic E-state index is 12.2. The molecule has 0 N–H and O–H groups in total. The molecule has 0 spiro atoms. The summed E-state index contributed by atoms with van der Waals surface area (Å²) in [4.78, 5) is 49.9. The molecule has 2 aromatic heterocycles. The highest BCUT2D eigenvalue weighted by Gasteiger charge is 2.38. The van der Waals surface area contributed by atoms with Gasteiger partial charge in [0.2, 0.25) is 0 Å². The number of nitrogens with zero attached hydrogens (tertiary/aromatic N) is 3. The van der Waals surface area contributed by atoms with Crippen molar-refractivity contribution < 1.29 is 19.2 Å². The lowest BCUT2D eigenvalue weighted by atomic mass is 10.1. The van der Waals surface area contributed by atoms with E-state index in [1.54, 1.807) is 36.0 Å². The van der Waals surface area contributed by atoms with Crippen LogP contribution in [0.15, 0.2) is 54.2 Å². The number of hydrogen-bond donors (Lipinski definition) is 0. The standard InChI is InChI=1S/C18H11N3O4S/c22-15(8-12-10-26-16(20-12)11-4-3-7-19-9-11)25-21-17(23)13-5-1-2-6-14(13)18(21)24/h1-7,9-10H,8H2. The van der Waals surface area contributed by atoms with E-state index in [0.29, 0.717) is 10.8 Å². The Balaban J connectivity index is 1.45. The van der Waals surface area contributed by atoms with Crippen LogP contribution in [0, 0.1) is 0 Å². The van der Waals surface area contributed by atoms with Crippen molar-refractivity contribution in [3.63, 3.8) is 0 Å². The Morgan fingerprint density at radius 2 is 1.81 bits per heavy atom. The molecule has 128 valence electrons. The maximum atomic E-state index is 12.2. The van der Waals surface area contributed by atoms with Crippen LogP contribution in [0.25, 0.3) is 10.6 Å². The van der Waals surface area contributed by atoms with Gasteiger partial charge in [-0.2, -0.15) is 0 Å². The molecule has 0 radical (unpaired) electrons. The molecule has 0 saturated carbocycles. The predicted molar refractivity (Wildman–Crippen MR) is 92.1 cm³/mol. The minimum Gasteiger partial charge on any atom is -0.329 e. The predicted octanol–water partition coefficient (Wildman–Crippen LogP) is 2.50. The van der Waals surface area contributed by atoms with Crippen LogP contribution in [0.5, 0.6) is 0 Å². The first-order valence-corrected chi connectivity index (χ1v) is 8.55. The van der Waals surface area contributed by atoms with Gasteiger partial charge >= 0.3 is 5.97 Å². The summed E-state index contributed by atoms with van der Waals surface area (Å²) in [5.74, 6) is -2.02. The zero-order valence-electron chi connectivity index (χ0n) is 13.3. The molecule has 1 aliphatic heterocycles.